The Kier molecular flexibility index (Phi) is 5.54. The van der Waals surface area contributed by atoms with Crippen molar-refractivity contribution in [2.24, 2.45) is 0 Å². The minimum atomic E-state index is -1.60. The van der Waals surface area contributed by atoms with Gasteiger partial charge in [-0.1, -0.05) is 40.9 Å². The summed E-state index contributed by atoms with van der Waals surface area (Å²) in [5.41, 5.74) is 0. The summed E-state index contributed by atoms with van der Waals surface area (Å²) in [5.74, 6) is -0.260. The van der Waals surface area contributed by atoms with Crippen LogP contribution < -0.4 is 10.6 Å². The topological polar surface area (TPSA) is 41.1 Å². The fraction of sp³-hybridized carbons (Fsp3) is 0.500. The first-order valence-electron chi connectivity index (χ1n) is 4.98. The number of carbonyl (C=O) groups excluding carboxylic acids is 1. The highest BCUT2D eigenvalue weighted by Crippen LogP contribution is 2.29. The maximum Gasteiger partial charge on any atom is 0.262 e. The lowest BCUT2D eigenvalue weighted by molar-refractivity contribution is 0.0932. The lowest BCUT2D eigenvalue weighted by atomic mass is 10.3. The zero-order chi connectivity index (χ0) is 13.1. The monoisotopic (exact) mass is 314 g/mol. The average Bonchev–Trinajstić information content (AvgIpc) is 2.66. The molecule has 0 unspecified atom stereocenters. The van der Waals surface area contributed by atoms with Crippen LogP contribution in [0.25, 0.3) is 0 Å². The van der Waals surface area contributed by atoms with Gasteiger partial charge in [0, 0.05) is 6.04 Å². The van der Waals surface area contributed by atoms with Crippen molar-refractivity contribution in [3.63, 3.8) is 0 Å². The number of halogens is 3. The fourth-order valence-corrected chi connectivity index (χ4v) is 2.14. The minimum Gasteiger partial charge on any atom is -0.332 e. The van der Waals surface area contributed by atoms with Gasteiger partial charge in [-0.25, -0.2) is 0 Å². The number of amides is 1. The van der Waals surface area contributed by atoms with Crippen LogP contribution in [0.4, 0.5) is 0 Å². The van der Waals surface area contributed by atoms with E-state index in [4.69, 9.17) is 34.8 Å². The van der Waals surface area contributed by atoms with Crippen LogP contribution in [0.5, 0.6) is 0 Å². The van der Waals surface area contributed by atoms with Crippen molar-refractivity contribution < 1.29 is 4.79 Å². The first-order chi connectivity index (χ1) is 7.80. The molecule has 0 fully saturated rings. The molecule has 17 heavy (non-hydrogen) atoms. The molecule has 1 aromatic rings. The second-order valence-corrected chi connectivity index (χ2v) is 7.06. The number of carbonyl (C=O) groups is 1. The maximum atomic E-state index is 11.8. The third-order valence-corrected chi connectivity index (χ3v) is 3.37. The maximum absolute atomic E-state index is 11.8. The molecule has 0 saturated heterocycles. The summed E-state index contributed by atoms with van der Waals surface area (Å²) in [7, 11) is 0. The minimum absolute atomic E-state index is 0.0826. The highest BCUT2D eigenvalue weighted by molar-refractivity contribution is 7.12. The van der Waals surface area contributed by atoms with Gasteiger partial charge in [0.1, 0.15) is 6.17 Å². The Morgan fingerprint density at radius 1 is 1.41 bits per heavy atom. The molecular weight excluding hydrogens is 303 g/mol. The summed E-state index contributed by atoms with van der Waals surface area (Å²) in [4.78, 5) is 12.4. The van der Waals surface area contributed by atoms with Crippen molar-refractivity contribution in [1.82, 2.24) is 10.6 Å². The summed E-state index contributed by atoms with van der Waals surface area (Å²) in [6, 6.07) is 3.59. The van der Waals surface area contributed by atoms with Gasteiger partial charge in [-0.2, -0.15) is 0 Å². The molecule has 0 aliphatic heterocycles. The molecule has 0 bridgehead atoms. The highest BCUT2D eigenvalue weighted by Gasteiger charge is 2.34. The molecule has 3 nitrogen and oxygen atoms in total. The van der Waals surface area contributed by atoms with E-state index >= 15 is 0 Å². The van der Waals surface area contributed by atoms with Crippen molar-refractivity contribution >= 4 is 52.0 Å². The van der Waals surface area contributed by atoms with Crippen LogP contribution in [0.15, 0.2) is 17.5 Å². The fourth-order valence-electron chi connectivity index (χ4n) is 1.16. The molecule has 0 aliphatic carbocycles. The quantitative estimate of drug-likeness (QED) is 0.662. The van der Waals surface area contributed by atoms with Crippen LogP contribution in [-0.2, 0) is 0 Å². The van der Waals surface area contributed by atoms with Gasteiger partial charge in [0.25, 0.3) is 5.91 Å². The Hall–Kier alpha value is -0.000000000000000111. The van der Waals surface area contributed by atoms with Gasteiger partial charge in [-0.3, -0.25) is 10.1 Å². The summed E-state index contributed by atoms with van der Waals surface area (Å²) in [5, 5.41) is 7.46. The second kappa shape index (κ2) is 6.25. The molecule has 7 heteroatoms. The predicted molar refractivity (Wildman–Crippen MR) is 74.1 cm³/mol. The molecule has 1 heterocycles. The van der Waals surface area contributed by atoms with Gasteiger partial charge in [-0.15, -0.1) is 11.3 Å². The summed E-state index contributed by atoms with van der Waals surface area (Å²) in [6.07, 6.45) is -0.734. The van der Waals surface area contributed by atoms with E-state index in [0.717, 1.165) is 0 Å². The molecular formula is C10H13Cl3N2OS. The molecule has 0 saturated carbocycles. The lowest BCUT2D eigenvalue weighted by Crippen LogP contribution is -2.55. The van der Waals surface area contributed by atoms with E-state index in [0.29, 0.717) is 4.88 Å². The molecule has 1 atom stereocenters. The van der Waals surface area contributed by atoms with Crippen molar-refractivity contribution in [2.45, 2.75) is 29.8 Å². The van der Waals surface area contributed by atoms with E-state index in [1.54, 1.807) is 12.1 Å². The Bertz CT molecular complexity index is 362. The standard InChI is InChI=1S/C10H13Cl3N2OS/c1-6(2)14-9(10(11,12)13)15-8(16)7-4-3-5-17-7/h3-6,9,14H,1-2H3,(H,15,16)/t9-/m0/s1. The molecule has 2 N–H and O–H groups in total. The van der Waals surface area contributed by atoms with Crippen LogP contribution in [0.1, 0.15) is 23.5 Å². The number of rotatable bonds is 4. The van der Waals surface area contributed by atoms with E-state index in [-0.39, 0.29) is 11.9 Å². The Morgan fingerprint density at radius 2 is 2.06 bits per heavy atom. The molecule has 96 valence electrons. The van der Waals surface area contributed by atoms with Crippen LogP contribution in [-0.4, -0.2) is 21.9 Å². The van der Waals surface area contributed by atoms with Gasteiger partial charge in [-0.05, 0) is 25.3 Å². The lowest BCUT2D eigenvalue weighted by Gasteiger charge is -2.28. The van der Waals surface area contributed by atoms with Crippen molar-refractivity contribution in [3.05, 3.63) is 22.4 Å². The smallest absolute Gasteiger partial charge is 0.262 e. The largest absolute Gasteiger partial charge is 0.332 e. The Balaban J connectivity index is 2.70. The SMILES string of the molecule is CC(C)N[C@@H](NC(=O)c1cccs1)C(Cl)(Cl)Cl. The zero-order valence-electron chi connectivity index (χ0n) is 9.34. The molecule has 0 radical (unpaired) electrons. The third kappa shape index (κ3) is 5.02. The van der Waals surface area contributed by atoms with Gasteiger partial charge in [0.15, 0.2) is 0 Å². The van der Waals surface area contributed by atoms with Crippen LogP contribution in [0.3, 0.4) is 0 Å². The molecule has 1 rings (SSSR count). The van der Waals surface area contributed by atoms with Gasteiger partial charge in [0.2, 0.25) is 3.79 Å². The van der Waals surface area contributed by atoms with E-state index in [9.17, 15) is 4.79 Å². The normalized spacial score (nSPS) is 13.8. The van der Waals surface area contributed by atoms with Gasteiger partial charge >= 0.3 is 0 Å². The second-order valence-electron chi connectivity index (χ2n) is 3.75. The highest BCUT2D eigenvalue weighted by atomic mass is 35.6. The van der Waals surface area contributed by atoms with E-state index in [1.165, 1.54) is 11.3 Å². The number of thiophene rings is 1. The average molecular weight is 316 g/mol. The van der Waals surface area contributed by atoms with Gasteiger partial charge in [0.05, 0.1) is 4.88 Å². The van der Waals surface area contributed by atoms with E-state index in [1.807, 2.05) is 19.2 Å². The molecule has 0 aliphatic rings. The number of nitrogens with one attached hydrogen (secondary N) is 2. The van der Waals surface area contributed by atoms with Crippen molar-refractivity contribution in [2.75, 3.05) is 0 Å². The summed E-state index contributed by atoms with van der Waals surface area (Å²) < 4.78 is -1.60. The molecule has 1 amide bonds. The van der Waals surface area contributed by atoms with Crippen LogP contribution in [0.2, 0.25) is 0 Å². The first-order valence-corrected chi connectivity index (χ1v) is 6.99. The Morgan fingerprint density at radius 3 is 2.47 bits per heavy atom. The van der Waals surface area contributed by atoms with Crippen molar-refractivity contribution in [3.8, 4) is 0 Å². The molecule has 0 spiro atoms. The zero-order valence-corrected chi connectivity index (χ0v) is 12.4. The summed E-state index contributed by atoms with van der Waals surface area (Å²) >= 11 is 18.8. The third-order valence-electron chi connectivity index (χ3n) is 1.85. The number of hydrogen-bond donors (Lipinski definition) is 2. The van der Waals surface area contributed by atoms with Crippen LogP contribution >= 0.6 is 46.1 Å². The first kappa shape index (κ1) is 15.1. The van der Waals surface area contributed by atoms with Crippen LogP contribution in [0, 0.1) is 0 Å². The van der Waals surface area contributed by atoms with E-state index < -0.39 is 9.96 Å². The number of alkyl halides is 3. The number of hydrogen-bond acceptors (Lipinski definition) is 3. The van der Waals surface area contributed by atoms with Crippen molar-refractivity contribution in [1.29, 1.82) is 0 Å². The summed E-state index contributed by atoms with van der Waals surface area (Å²) in [6.45, 7) is 3.81. The molecule has 1 aromatic heterocycles. The predicted octanol–water partition coefficient (Wildman–Crippen LogP) is 3.17. The Labute approximate surface area is 119 Å². The van der Waals surface area contributed by atoms with Gasteiger partial charge < -0.3 is 5.32 Å². The van der Waals surface area contributed by atoms with E-state index in [2.05, 4.69) is 10.6 Å². The molecule has 0 aromatic carbocycles.